The van der Waals surface area contributed by atoms with E-state index in [1.807, 2.05) is 47.6 Å². The first kappa shape index (κ1) is 15.5. The van der Waals surface area contributed by atoms with Gasteiger partial charge in [-0.3, -0.25) is 0 Å². The Morgan fingerprint density at radius 3 is 2.26 bits per heavy atom. The van der Waals surface area contributed by atoms with Crippen molar-refractivity contribution in [1.82, 2.24) is 0 Å². The van der Waals surface area contributed by atoms with Crippen molar-refractivity contribution in [2.24, 2.45) is 0 Å². The maximum absolute atomic E-state index is 11.9. The lowest BCUT2D eigenvalue weighted by Crippen LogP contribution is -2.33. The van der Waals surface area contributed by atoms with Crippen LogP contribution in [0.2, 0.25) is 0 Å². The second-order valence-electron chi connectivity index (χ2n) is 6.00. The van der Waals surface area contributed by atoms with E-state index in [0.717, 1.165) is 22.4 Å². The molecule has 0 N–H and O–H groups in total. The standard InChI is InChI=1S/C16H24O3/c1-10-8-11(2)12(3)14(9-10)18-13(4)15(17)19-16(5,6)7/h8-9,13H,1-7H3. The average molecular weight is 264 g/mol. The Morgan fingerprint density at radius 1 is 1.16 bits per heavy atom. The Balaban J connectivity index is 2.83. The van der Waals surface area contributed by atoms with Crippen molar-refractivity contribution in [2.75, 3.05) is 0 Å². The van der Waals surface area contributed by atoms with E-state index in [-0.39, 0.29) is 5.97 Å². The third-order valence-electron chi connectivity index (χ3n) is 2.81. The zero-order valence-corrected chi connectivity index (χ0v) is 13.0. The fraction of sp³-hybridized carbons (Fsp3) is 0.562. The van der Waals surface area contributed by atoms with Gasteiger partial charge in [0.1, 0.15) is 11.4 Å². The number of rotatable bonds is 3. The van der Waals surface area contributed by atoms with Crippen LogP contribution in [0.4, 0.5) is 0 Å². The van der Waals surface area contributed by atoms with Gasteiger partial charge in [-0.25, -0.2) is 4.79 Å². The van der Waals surface area contributed by atoms with E-state index in [1.54, 1.807) is 6.92 Å². The van der Waals surface area contributed by atoms with Crippen molar-refractivity contribution in [3.8, 4) is 5.75 Å². The molecule has 3 nitrogen and oxygen atoms in total. The summed E-state index contributed by atoms with van der Waals surface area (Å²) in [5.74, 6) is 0.405. The fourth-order valence-electron chi connectivity index (χ4n) is 1.75. The summed E-state index contributed by atoms with van der Waals surface area (Å²) in [6.45, 7) is 13.3. The number of hydrogen-bond donors (Lipinski definition) is 0. The summed E-state index contributed by atoms with van der Waals surface area (Å²) in [5, 5.41) is 0. The molecule has 0 amide bonds. The summed E-state index contributed by atoms with van der Waals surface area (Å²) in [4.78, 5) is 11.9. The smallest absolute Gasteiger partial charge is 0.347 e. The minimum atomic E-state index is -0.612. The quantitative estimate of drug-likeness (QED) is 0.780. The van der Waals surface area contributed by atoms with Crippen molar-refractivity contribution >= 4 is 5.97 Å². The molecule has 0 aliphatic carbocycles. The molecule has 1 aromatic rings. The Labute approximate surface area is 115 Å². The van der Waals surface area contributed by atoms with Gasteiger partial charge in [-0.15, -0.1) is 0 Å². The number of aryl methyl sites for hydroxylation is 2. The van der Waals surface area contributed by atoms with E-state index in [9.17, 15) is 4.79 Å². The minimum Gasteiger partial charge on any atom is -0.479 e. The first-order valence-corrected chi connectivity index (χ1v) is 6.57. The van der Waals surface area contributed by atoms with E-state index in [0.29, 0.717) is 0 Å². The zero-order chi connectivity index (χ0) is 14.8. The second-order valence-corrected chi connectivity index (χ2v) is 6.00. The van der Waals surface area contributed by atoms with Crippen LogP contribution in [0.1, 0.15) is 44.4 Å². The van der Waals surface area contributed by atoms with Crippen LogP contribution < -0.4 is 4.74 Å². The number of hydrogen-bond acceptors (Lipinski definition) is 3. The van der Waals surface area contributed by atoms with Gasteiger partial charge < -0.3 is 9.47 Å². The number of carbonyl (C=O) groups is 1. The van der Waals surface area contributed by atoms with Gasteiger partial charge in [-0.05, 0) is 71.2 Å². The van der Waals surface area contributed by atoms with Gasteiger partial charge in [0.05, 0.1) is 0 Å². The Morgan fingerprint density at radius 2 is 1.74 bits per heavy atom. The van der Waals surface area contributed by atoms with Crippen molar-refractivity contribution < 1.29 is 14.3 Å². The highest BCUT2D eigenvalue weighted by Gasteiger charge is 2.23. The summed E-state index contributed by atoms with van der Waals surface area (Å²) in [6.07, 6.45) is -0.612. The highest BCUT2D eigenvalue weighted by molar-refractivity contribution is 5.75. The van der Waals surface area contributed by atoms with Crippen molar-refractivity contribution in [3.63, 3.8) is 0 Å². The number of benzene rings is 1. The Hall–Kier alpha value is -1.51. The van der Waals surface area contributed by atoms with E-state index in [1.165, 1.54) is 0 Å². The second kappa shape index (κ2) is 5.64. The van der Waals surface area contributed by atoms with E-state index >= 15 is 0 Å². The van der Waals surface area contributed by atoms with Gasteiger partial charge in [-0.1, -0.05) is 6.07 Å². The maximum Gasteiger partial charge on any atom is 0.347 e. The van der Waals surface area contributed by atoms with Crippen LogP contribution in [0, 0.1) is 20.8 Å². The van der Waals surface area contributed by atoms with E-state index in [4.69, 9.17) is 9.47 Å². The molecule has 0 fully saturated rings. The molecule has 0 saturated carbocycles. The van der Waals surface area contributed by atoms with Crippen LogP contribution in [0.15, 0.2) is 12.1 Å². The van der Waals surface area contributed by atoms with Crippen molar-refractivity contribution in [1.29, 1.82) is 0 Å². The fourth-order valence-corrected chi connectivity index (χ4v) is 1.75. The molecule has 0 saturated heterocycles. The summed E-state index contributed by atoms with van der Waals surface area (Å²) >= 11 is 0. The molecule has 106 valence electrons. The monoisotopic (exact) mass is 264 g/mol. The van der Waals surface area contributed by atoms with Crippen molar-refractivity contribution in [2.45, 2.75) is 60.2 Å². The van der Waals surface area contributed by atoms with Crippen LogP contribution in [0.5, 0.6) is 5.75 Å². The number of esters is 1. The highest BCUT2D eigenvalue weighted by atomic mass is 16.6. The van der Waals surface area contributed by atoms with E-state index in [2.05, 4.69) is 6.07 Å². The van der Waals surface area contributed by atoms with Gasteiger partial charge in [0, 0.05) is 0 Å². The first-order valence-electron chi connectivity index (χ1n) is 6.57. The lowest BCUT2D eigenvalue weighted by atomic mass is 10.1. The summed E-state index contributed by atoms with van der Waals surface area (Å²) in [6, 6.07) is 4.05. The maximum atomic E-state index is 11.9. The molecule has 0 bridgehead atoms. The third-order valence-corrected chi connectivity index (χ3v) is 2.81. The van der Waals surface area contributed by atoms with Crippen LogP contribution in [0.25, 0.3) is 0 Å². The average Bonchev–Trinajstić information content (AvgIpc) is 2.22. The largest absolute Gasteiger partial charge is 0.479 e. The van der Waals surface area contributed by atoms with Gasteiger partial charge in [0.15, 0.2) is 6.10 Å². The summed E-state index contributed by atoms with van der Waals surface area (Å²) < 4.78 is 11.0. The Kier molecular flexibility index (Phi) is 4.61. The SMILES string of the molecule is Cc1cc(C)c(C)c(OC(C)C(=O)OC(C)(C)C)c1. The summed E-state index contributed by atoms with van der Waals surface area (Å²) in [5.41, 5.74) is 2.84. The molecule has 19 heavy (non-hydrogen) atoms. The molecule has 0 heterocycles. The van der Waals surface area contributed by atoms with Gasteiger partial charge >= 0.3 is 5.97 Å². The summed E-state index contributed by atoms with van der Waals surface area (Å²) in [7, 11) is 0. The predicted octanol–water partition coefficient (Wildman–Crippen LogP) is 3.72. The molecule has 0 aliphatic heterocycles. The predicted molar refractivity (Wildman–Crippen MR) is 76.6 cm³/mol. The van der Waals surface area contributed by atoms with Gasteiger partial charge in [-0.2, -0.15) is 0 Å². The van der Waals surface area contributed by atoms with Gasteiger partial charge in [0.25, 0.3) is 0 Å². The molecule has 0 aliphatic rings. The molecule has 3 heteroatoms. The lowest BCUT2D eigenvalue weighted by Gasteiger charge is -2.23. The molecule has 1 aromatic carbocycles. The lowest BCUT2D eigenvalue weighted by molar-refractivity contribution is -0.162. The molecule has 0 aromatic heterocycles. The van der Waals surface area contributed by atoms with E-state index < -0.39 is 11.7 Å². The third kappa shape index (κ3) is 4.58. The van der Waals surface area contributed by atoms with Crippen molar-refractivity contribution in [3.05, 3.63) is 28.8 Å². The number of carbonyl (C=O) groups excluding carboxylic acids is 1. The molecular weight excluding hydrogens is 240 g/mol. The number of ether oxygens (including phenoxy) is 2. The van der Waals surface area contributed by atoms with Crippen LogP contribution in [-0.4, -0.2) is 17.7 Å². The molecule has 1 unspecified atom stereocenters. The topological polar surface area (TPSA) is 35.5 Å². The zero-order valence-electron chi connectivity index (χ0n) is 13.0. The first-order chi connectivity index (χ1) is 8.60. The molecule has 0 spiro atoms. The van der Waals surface area contributed by atoms with Crippen LogP contribution in [0.3, 0.4) is 0 Å². The minimum absolute atomic E-state index is 0.342. The van der Waals surface area contributed by atoms with Crippen LogP contribution >= 0.6 is 0 Å². The van der Waals surface area contributed by atoms with Crippen LogP contribution in [-0.2, 0) is 9.53 Å². The normalized spacial score (nSPS) is 13.0. The molecule has 1 atom stereocenters. The highest BCUT2D eigenvalue weighted by Crippen LogP contribution is 2.24. The Bertz CT molecular complexity index is 470. The molecular formula is C16H24O3. The molecule has 1 rings (SSSR count). The molecule has 0 radical (unpaired) electrons. The van der Waals surface area contributed by atoms with Gasteiger partial charge in [0.2, 0.25) is 0 Å².